The maximum atomic E-state index is 5.94. The lowest BCUT2D eigenvalue weighted by molar-refractivity contribution is 0.120. The van der Waals surface area contributed by atoms with Crippen LogP contribution in [0, 0.1) is 0 Å². The summed E-state index contributed by atoms with van der Waals surface area (Å²) in [5.41, 5.74) is 2.57. The van der Waals surface area contributed by atoms with Crippen LogP contribution >= 0.6 is 11.6 Å². The van der Waals surface area contributed by atoms with Crippen LogP contribution in [0.4, 0.5) is 0 Å². The van der Waals surface area contributed by atoms with Gasteiger partial charge >= 0.3 is 0 Å². The minimum atomic E-state index is 0.579. The van der Waals surface area contributed by atoms with Crippen molar-refractivity contribution in [3.8, 4) is 0 Å². The molecule has 1 aliphatic rings. The van der Waals surface area contributed by atoms with E-state index < -0.39 is 0 Å². The van der Waals surface area contributed by atoms with Crippen LogP contribution in [-0.4, -0.2) is 45.8 Å². The second-order valence-corrected chi connectivity index (χ2v) is 6.01. The van der Waals surface area contributed by atoms with Gasteiger partial charge in [0.2, 0.25) is 0 Å². The van der Waals surface area contributed by atoms with Gasteiger partial charge in [0, 0.05) is 46.3 Å². The van der Waals surface area contributed by atoms with Crippen molar-refractivity contribution in [2.45, 2.75) is 13.1 Å². The van der Waals surface area contributed by atoms with Crippen LogP contribution in [-0.2, 0) is 20.1 Å². The summed E-state index contributed by atoms with van der Waals surface area (Å²) in [5.74, 6) is 0. The number of nitrogens with zero attached hydrogens (tertiary/aromatic N) is 4. The molecule has 0 unspecified atom stereocenters. The van der Waals surface area contributed by atoms with E-state index in [9.17, 15) is 0 Å². The molecule has 1 saturated heterocycles. The fourth-order valence-corrected chi connectivity index (χ4v) is 3.03. The third kappa shape index (κ3) is 3.84. The number of hydrogen-bond acceptors (Lipinski definition) is 3. The van der Waals surface area contributed by atoms with Crippen molar-refractivity contribution in [3.63, 3.8) is 0 Å². The summed E-state index contributed by atoms with van der Waals surface area (Å²) in [6.07, 6.45) is 0. The first kappa shape index (κ1) is 14.6. The van der Waals surface area contributed by atoms with Gasteiger partial charge in [0.05, 0.1) is 5.69 Å². The van der Waals surface area contributed by atoms with Gasteiger partial charge in [0.1, 0.15) is 0 Å². The maximum Gasteiger partial charge on any atom is 0.151 e. The molecule has 5 heteroatoms. The molecule has 0 aliphatic carbocycles. The minimum Gasteiger partial charge on any atom is -0.297 e. The molecule has 1 aromatic heterocycles. The van der Waals surface area contributed by atoms with Gasteiger partial charge in [-0.3, -0.25) is 14.5 Å². The highest BCUT2D eigenvalue weighted by atomic mass is 35.5. The highest BCUT2D eigenvalue weighted by Gasteiger charge is 2.18. The van der Waals surface area contributed by atoms with Crippen LogP contribution in [0.15, 0.2) is 36.4 Å². The van der Waals surface area contributed by atoms with E-state index in [-0.39, 0.29) is 0 Å². The largest absolute Gasteiger partial charge is 0.297 e. The Morgan fingerprint density at radius 1 is 1.00 bits per heavy atom. The molecule has 2 heterocycles. The Kier molecular flexibility index (Phi) is 4.58. The quantitative estimate of drug-likeness (QED) is 0.867. The molecule has 2 aromatic rings. The van der Waals surface area contributed by atoms with Gasteiger partial charge < -0.3 is 0 Å². The fraction of sp³-hybridized carbons (Fsp3) is 0.438. The summed E-state index contributed by atoms with van der Waals surface area (Å²) in [4.78, 5) is 4.98. The smallest absolute Gasteiger partial charge is 0.151 e. The van der Waals surface area contributed by atoms with E-state index in [0.29, 0.717) is 5.15 Å². The summed E-state index contributed by atoms with van der Waals surface area (Å²) in [7, 11) is 1.95. The average Bonchev–Trinajstić information content (AvgIpc) is 2.80. The summed E-state index contributed by atoms with van der Waals surface area (Å²) < 4.78 is 1.87. The molecule has 4 nitrogen and oxygen atoms in total. The number of aromatic nitrogens is 2. The van der Waals surface area contributed by atoms with Crippen LogP contribution in [0.1, 0.15) is 11.3 Å². The van der Waals surface area contributed by atoms with E-state index in [2.05, 4.69) is 45.2 Å². The Morgan fingerprint density at radius 3 is 2.19 bits per heavy atom. The lowest BCUT2D eigenvalue weighted by Crippen LogP contribution is -2.45. The van der Waals surface area contributed by atoms with E-state index in [4.69, 9.17) is 11.6 Å². The van der Waals surface area contributed by atoms with Crippen molar-refractivity contribution in [2.24, 2.45) is 7.05 Å². The molecule has 0 atom stereocenters. The zero-order chi connectivity index (χ0) is 14.7. The van der Waals surface area contributed by atoms with Gasteiger partial charge in [-0.15, -0.1) is 0 Å². The van der Waals surface area contributed by atoms with Crippen LogP contribution in [0.5, 0.6) is 0 Å². The molecule has 1 aromatic carbocycles. The molecule has 0 N–H and O–H groups in total. The molecular formula is C16H21ClN4. The molecule has 1 fully saturated rings. The van der Waals surface area contributed by atoms with Crippen molar-refractivity contribution in [3.05, 3.63) is 52.8 Å². The average molecular weight is 305 g/mol. The number of piperazine rings is 1. The van der Waals surface area contributed by atoms with Crippen molar-refractivity contribution < 1.29 is 0 Å². The lowest BCUT2D eigenvalue weighted by atomic mass is 10.2. The first-order chi connectivity index (χ1) is 10.2. The van der Waals surface area contributed by atoms with Crippen molar-refractivity contribution in [1.29, 1.82) is 0 Å². The molecule has 0 bridgehead atoms. The second-order valence-electron chi connectivity index (χ2n) is 5.62. The Morgan fingerprint density at radius 2 is 1.62 bits per heavy atom. The molecular weight excluding hydrogens is 284 g/mol. The predicted molar refractivity (Wildman–Crippen MR) is 85.2 cm³/mol. The van der Waals surface area contributed by atoms with Gasteiger partial charge in [0.25, 0.3) is 0 Å². The van der Waals surface area contributed by atoms with E-state index >= 15 is 0 Å². The van der Waals surface area contributed by atoms with Gasteiger partial charge in [-0.1, -0.05) is 41.9 Å². The third-order valence-electron chi connectivity index (χ3n) is 4.05. The fourth-order valence-electron chi connectivity index (χ4n) is 2.79. The van der Waals surface area contributed by atoms with Crippen LogP contribution in [0.3, 0.4) is 0 Å². The van der Waals surface area contributed by atoms with E-state index in [1.165, 1.54) is 11.3 Å². The van der Waals surface area contributed by atoms with Gasteiger partial charge in [0.15, 0.2) is 5.15 Å². The molecule has 112 valence electrons. The van der Waals surface area contributed by atoms with E-state index in [1.54, 1.807) is 0 Å². The van der Waals surface area contributed by atoms with Crippen molar-refractivity contribution in [1.82, 2.24) is 19.6 Å². The SMILES string of the molecule is Cn1nc(Cl)cc1CN1CCN(Cc2ccccc2)CC1. The third-order valence-corrected chi connectivity index (χ3v) is 4.23. The minimum absolute atomic E-state index is 0.579. The monoisotopic (exact) mass is 304 g/mol. The molecule has 0 spiro atoms. The zero-order valence-corrected chi connectivity index (χ0v) is 13.1. The highest BCUT2D eigenvalue weighted by Crippen LogP contribution is 2.14. The number of benzene rings is 1. The number of rotatable bonds is 4. The Bertz CT molecular complexity index is 573. The molecule has 0 radical (unpaired) electrons. The standard InChI is InChI=1S/C16H21ClN4/c1-19-15(11-16(17)18-19)13-21-9-7-20(8-10-21)12-14-5-3-2-4-6-14/h2-6,11H,7-10,12-13H2,1H3. The van der Waals surface area contributed by atoms with Crippen LogP contribution in [0.2, 0.25) is 5.15 Å². The van der Waals surface area contributed by atoms with Crippen LogP contribution < -0.4 is 0 Å². The number of halogens is 1. The Balaban J connectivity index is 1.50. The summed E-state index contributed by atoms with van der Waals surface area (Å²) in [6.45, 7) is 6.38. The predicted octanol–water partition coefficient (Wildman–Crippen LogP) is 2.39. The summed E-state index contributed by atoms with van der Waals surface area (Å²) >= 11 is 5.94. The van der Waals surface area contributed by atoms with Gasteiger partial charge in [-0.25, -0.2) is 0 Å². The van der Waals surface area contributed by atoms with Gasteiger partial charge in [-0.2, -0.15) is 5.10 Å². The lowest BCUT2D eigenvalue weighted by Gasteiger charge is -2.34. The normalized spacial score (nSPS) is 17.2. The molecule has 0 saturated carbocycles. The summed E-state index contributed by atoms with van der Waals surface area (Å²) in [6, 6.07) is 12.6. The van der Waals surface area contributed by atoms with Crippen molar-refractivity contribution >= 4 is 11.6 Å². The Hall–Kier alpha value is -1.36. The first-order valence-corrected chi connectivity index (χ1v) is 7.75. The topological polar surface area (TPSA) is 24.3 Å². The molecule has 21 heavy (non-hydrogen) atoms. The van der Waals surface area contributed by atoms with E-state index in [1.807, 2.05) is 17.8 Å². The van der Waals surface area contributed by atoms with Crippen LogP contribution in [0.25, 0.3) is 0 Å². The second kappa shape index (κ2) is 6.60. The molecule has 0 amide bonds. The Labute approximate surface area is 130 Å². The number of aryl methyl sites for hydroxylation is 1. The van der Waals surface area contributed by atoms with Gasteiger partial charge in [-0.05, 0) is 11.6 Å². The van der Waals surface area contributed by atoms with E-state index in [0.717, 1.165) is 39.3 Å². The molecule has 3 rings (SSSR count). The van der Waals surface area contributed by atoms with Crippen molar-refractivity contribution in [2.75, 3.05) is 26.2 Å². The summed E-state index contributed by atoms with van der Waals surface area (Å²) in [5, 5.41) is 4.77. The zero-order valence-electron chi connectivity index (χ0n) is 12.4. The first-order valence-electron chi connectivity index (χ1n) is 7.38. The molecule has 1 aliphatic heterocycles. The highest BCUT2D eigenvalue weighted by molar-refractivity contribution is 6.29. The number of hydrogen-bond donors (Lipinski definition) is 0. The maximum absolute atomic E-state index is 5.94.